The number of piperazine rings is 2. The molecule has 0 aromatic heterocycles. The summed E-state index contributed by atoms with van der Waals surface area (Å²) >= 11 is 0. The molecule has 3 fully saturated rings. The lowest BCUT2D eigenvalue weighted by Gasteiger charge is -2.44. The van der Waals surface area contributed by atoms with Crippen LogP contribution in [0.2, 0.25) is 0 Å². The zero-order valence-corrected chi connectivity index (χ0v) is 15.0. The molecule has 22 heavy (non-hydrogen) atoms. The van der Waals surface area contributed by atoms with Crippen LogP contribution in [-0.2, 0) is 4.79 Å². The van der Waals surface area contributed by atoms with Gasteiger partial charge in [0.25, 0.3) is 0 Å². The topological polar surface area (TPSA) is 38.8 Å². The molecule has 1 unspecified atom stereocenters. The molecule has 1 amide bonds. The zero-order chi connectivity index (χ0) is 13.8. The number of nitrogens with zero attached hydrogens (tertiary/aromatic N) is 3. The summed E-state index contributed by atoms with van der Waals surface area (Å²) in [5.41, 5.74) is 0. The standard InChI is InChI=1S/C15H28N4O.2ClH/c20-15(19-9-5-16-6-10-19)4-8-17-11-12-18-7-2-1-3-14(18)13-17;;/h14,16H,1-13H2;2*1H. The monoisotopic (exact) mass is 352 g/mol. The number of piperidine rings is 1. The number of rotatable bonds is 3. The Morgan fingerprint density at radius 2 is 1.77 bits per heavy atom. The molecule has 0 aliphatic carbocycles. The van der Waals surface area contributed by atoms with Crippen LogP contribution in [-0.4, -0.2) is 85.6 Å². The lowest BCUT2D eigenvalue weighted by Crippen LogP contribution is -2.55. The molecule has 0 bridgehead atoms. The number of fused-ring (bicyclic) bond motifs is 1. The van der Waals surface area contributed by atoms with Crippen molar-refractivity contribution in [3.63, 3.8) is 0 Å². The van der Waals surface area contributed by atoms with Crippen molar-refractivity contribution in [2.45, 2.75) is 31.7 Å². The summed E-state index contributed by atoms with van der Waals surface area (Å²) in [6.07, 6.45) is 4.81. The van der Waals surface area contributed by atoms with Crippen molar-refractivity contribution < 1.29 is 4.79 Å². The third-order valence-electron chi connectivity index (χ3n) is 5.03. The van der Waals surface area contributed by atoms with E-state index in [0.29, 0.717) is 12.3 Å². The second-order valence-corrected chi connectivity index (χ2v) is 6.37. The van der Waals surface area contributed by atoms with Gasteiger partial charge in [0.2, 0.25) is 5.91 Å². The Kier molecular flexibility index (Phi) is 9.02. The molecule has 5 nitrogen and oxygen atoms in total. The highest BCUT2D eigenvalue weighted by atomic mass is 35.5. The molecule has 3 aliphatic rings. The van der Waals surface area contributed by atoms with Crippen molar-refractivity contribution in [3.8, 4) is 0 Å². The second-order valence-electron chi connectivity index (χ2n) is 6.37. The van der Waals surface area contributed by atoms with Gasteiger partial charge < -0.3 is 10.2 Å². The quantitative estimate of drug-likeness (QED) is 0.816. The summed E-state index contributed by atoms with van der Waals surface area (Å²) in [4.78, 5) is 19.4. The highest BCUT2D eigenvalue weighted by molar-refractivity contribution is 5.85. The first-order valence-electron chi connectivity index (χ1n) is 8.28. The van der Waals surface area contributed by atoms with Crippen molar-refractivity contribution in [3.05, 3.63) is 0 Å². The summed E-state index contributed by atoms with van der Waals surface area (Å²) in [5.74, 6) is 0.345. The number of carbonyl (C=O) groups excluding carboxylic acids is 1. The minimum Gasteiger partial charge on any atom is -0.340 e. The van der Waals surface area contributed by atoms with E-state index in [9.17, 15) is 4.79 Å². The van der Waals surface area contributed by atoms with Gasteiger partial charge in [-0.15, -0.1) is 24.8 Å². The van der Waals surface area contributed by atoms with Crippen molar-refractivity contribution in [1.82, 2.24) is 20.0 Å². The fourth-order valence-electron chi connectivity index (χ4n) is 3.75. The minimum absolute atomic E-state index is 0. The van der Waals surface area contributed by atoms with E-state index in [1.807, 2.05) is 4.90 Å². The molecule has 7 heteroatoms. The van der Waals surface area contributed by atoms with E-state index in [2.05, 4.69) is 15.1 Å². The van der Waals surface area contributed by atoms with E-state index in [1.54, 1.807) is 0 Å². The van der Waals surface area contributed by atoms with Crippen molar-refractivity contribution >= 4 is 30.7 Å². The maximum atomic E-state index is 12.2. The van der Waals surface area contributed by atoms with Gasteiger partial charge in [0.15, 0.2) is 0 Å². The van der Waals surface area contributed by atoms with Crippen LogP contribution >= 0.6 is 24.8 Å². The average Bonchev–Trinajstić information content (AvgIpc) is 2.53. The van der Waals surface area contributed by atoms with Crippen molar-refractivity contribution in [2.75, 3.05) is 58.9 Å². The molecule has 1 atom stereocenters. The van der Waals surface area contributed by atoms with Gasteiger partial charge in [0, 0.05) is 64.8 Å². The van der Waals surface area contributed by atoms with Gasteiger partial charge in [-0.05, 0) is 19.4 Å². The van der Waals surface area contributed by atoms with E-state index >= 15 is 0 Å². The molecule has 1 N–H and O–H groups in total. The summed E-state index contributed by atoms with van der Waals surface area (Å²) < 4.78 is 0. The summed E-state index contributed by atoms with van der Waals surface area (Å²) in [5, 5.41) is 3.30. The van der Waals surface area contributed by atoms with Crippen LogP contribution in [0.1, 0.15) is 25.7 Å². The van der Waals surface area contributed by atoms with Gasteiger partial charge >= 0.3 is 0 Å². The number of hydrogen-bond acceptors (Lipinski definition) is 4. The highest BCUT2D eigenvalue weighted by Crippen LogP contribution is 2.21. The lowest BCUT2D eigenvalue weighted by molar-refractivity contribution is -0.132. The zero-order valence-electron chi connectivity index (χ0n) is 13.3. The number of carbonyl (C=O) groups is 1. The fraction of sp³-hybridized carbons (Fsp3) is 0.933. The van der Waals surface area contributed by atoms with Gasteiger partial charge in [-0.1, -0.05) is 6.42 Å². The molecule has 3 rings (SSSR count). The van der Waals surface area contributed by atoms with Crippen LogP contribution in [0.4, 0.5) is 0 Å². The second kappa shape index (κ2) is 9.93. The van der Waals surface area contributed by atoms with Gasteiger partial charge in [0.1, 0.15) is 0 Å². The molecule has 130 valence electrons. The van der Waals surface area contributed by atoms with Crippen LogP contribution < -0.4 is 5.32 Å². The Morgan fingerprint density at radius 1 is 1.00 bits per heavy atom. The third-order valence-corrected chi connectivity index (χ3v) is 5.03. The van der Waals surface area contributed by atoms with Crippen molar-refractivity contribution in [2.24, 2.45) is 0 Å². The molecule has 0 aromatic carbocycles. The van der Waals surface area contributed by atoms with Crippen molar-refractivity contribution in [1.29, 1.82) is 0 Å². The van der Waals surface area contributed by atoms with Gasteiger partial charge in [-0.25, -0.2) is 0 Å². The number of hydrogen-bond donors (Lipinski definition) is 1. The molecule has 3 aliphatic heterocycles. The van der Waals surface area contributed by atoms with Crippen LogP contribution in [0.15, 0.2) is 0 Å². The molecule has 3 heterocycles. The lowest BCUT2D eigenvalue weighted by atomic mass is 9.99. The first-order valence-corrected chi connectivity index (χ1v) is 8.28. The molecule has 0 spiro atoms. The third kappa shape index (κ3) is 5.24. The largest absolute Gasteiger partial charge is 0.340 e. The number of halogens is 2. The predicted molar refractivity (Wildman–Crippen MR) is 94.2 cm³/mol. The average molecular weight is 353 g/mol. The maximum Gasteiger partial charge on any atom is 0.223 e. The van der Waals surface area contributed by atoms with E-state index < -0.39 is 0 Å². The van der Waals surface area contributed by atoms with Crippen LogP contribution in [0.5, 0.6) is 0 Å². The SMILES string of the molecule is Cl.Cl.O=C(CCN1CCN2CCCCC2C1)N1CCNCC1. The number of amides is 1. The van der Waals surface area contributed by atoms with E-state index in [-0.39, 0.29) is 24.8 Å². The molecule has 0 aromatic rings. The molecular formula is C15H30Cl2N4O. The molecule has 3 saturated heterocycles. The fourth-order valence-corrected chi connectivity index (χ4v) is 3.75. The Hall–Kier alpha value is -0.0700. The summed E-state index contributed by atoms with van der Waals surface area (Å²) in [6, 6.07) is 0.756. The molecule has 0 saturated carbocycles. The molecule has 0 radical (unpaired) electrons. The first kappa shape index (κ1) is 20.0. The van der Waals surface area contributed by atoms with Crippen LogP contribution in [0.25, 0.3) is 0 Å². The Labute approximate surface area is 146 Å². The van der Waals surface area contributed by atoms with Crippen LogP contribution in [0.3, 0.4) is 0 Å². The molecular weight excluding hydrogens is 323 g/mol. The highest BCUT2D eigenvalue weighted by Gasteiger charge is 2.29. The summed E-state index contributed by atoms with van der Waals surface area (Å²) in [7, 11) is 0. The predicted octanol–water partition coefficient (Wildman–Crippen LogP) is 0.822. The minimum atomic E-state index is 0. The van der Waals surface area contributed by atoms with E-state index in [0.717, 1.165) is 45.3 Å². The Morgan fingerprint density at radius 3 is 2.55 bits per heavy atom. The normalized spacial score (nSPS) is 26.5. The number of nitrogens with one attached hydrogen (secondary N) is 1. The van der Waals surface area contributed by atoms with Gasteiger partial charge in [0.05, 0.1) is 0 Å². The maximum absolute atomic E-state index is 12.2. The Bertz CT molecular complexity index is 340. The smallest absolute Gasteiger partial charge is 0.223 e. The van der Waals surface area contributed by atoms with Gasteiger partial charge in [-0.3, -0.25) is 14.6 Å². The first-order chi connectivity index (χ1) is 9.83. The van der Waals surface area contributed by atoms with E-state index in [1.165, 1.54) is 38.9 Å². The van der Waals surface area contributed by atoms with Crippen LogP contribution in [0, 0.1) is 0 Å². The van der Waals surface area contributed by atoms with Gasteiger partial charge in [-0.2, -0.15) is 0 Å². The van der Waals surface area contributed by atoms with E-state index in [4.69, 9.17) is 0 Å². The Balaban J connectivity index is 0.00000121. The summed E-state index contributed by atoms with van der Waals surface area (Å²) in [6.45, 7) is 9.43.